The summed E-state index contributed by atoms with van der Waals surface area (Å²) >= 11 is 0. The van der Waals surface area contributed by atoms with Crippen LogP contribution in [0.15, 0.2) is 47.7 Å². The first-order chi connectivity index (χ1) is 11.6. The van der Waals surface area contributed by atoms with Gasteiger partial charge in [-0.05, 0) is 18.4 Å². The molecule has 0 fully saturated rings. The zero-order valence-corrected chi connectivity index (χ0v) is 13.5. The van der Waals surface area contributed by atoms with Gasteiger partial charge in [-0.3, -0.25) is 18.8 Å². The van der Waals surface area contributed by atoms with E-state index in [2.05, 4.69) is 27.5 Å². The third-order valence-corrected chi connectivity index (χ3v) is 3.84. The van der Waals surface area contributed by atoms with E-state index in [1.165, 1.54) is 27.3 Å². The lowest BCUT2D eigenvalue weighted by molar-refractivity contribution is -0.121. The number of rotatable bonds is 6. The number of aryl methyl sites for hydroxylation is 2. The average molecular weight is 325 g/mol. The van der Waals surface area contributed by atoms with Crippen molar-refractivity contribution in [3.8, 4) is 0 Å². The number of carbonyl (C=O) groups is 1. The zero-order valence-electron chi connectivity index (χ0n) is 13.5. The van der Waals surface area contributed by atoms with E-state index >= 15 is 0 Å². The Morgan fingerprint density at radius 3 is 2.83 bits per heavy atom. The summed E-state index contributed by atoms with van der Waals surface area (Å²) in [6, 6.07) is 10.1. The fourth-order valence-corrected chi connectivity index (χ4v) is 2.55. The summed E-state index contributed by atoms with van der Waals surface area (Å²) in [7, 11) is 1.72. The van der Waals surface area contributed by atoms with Crippen LogP contribution in [0.3, 0.4) is 0 Å². The number of hydrogen-bond acceptors (Lipinski definition) is 4. The summed E-state index contributed by atoms with van der Waals surface area (Å²) in [6.07, 6.45) is 4.61. The van der Waals surface area contributed by atoms with Crippen LogP contribution in [0.5, 0.6) is 0 Å². The van der Waals surface area contributed by atoms with Crippen LogP contribution < -0.4 is 10.9 Å². The minimum atomic E-state index is -0.257. The molecule has 1 amide bonds. The largest absolute Gasteiger partial charge is 0.355 e. The first-order valence-corrected chi connectivity index (χ1v) is 7.83. The molecule has 0 atom stereocenters. The molecule has 0 saturated carbocycles. The Balaban J connectivity index is 1.53. The molecule has 24 heavy (non-hydrogen) atoms. The molecule has 7 nitrogen and oxygen atoms in total. The highest BCUT2D eigenvalue weighted by Crippen LogP contribution is 2.03. The Morgan fingerprint density at radius 1 is 1.25 bits per heavy atom. The van der Waals surface area contributed by atoms with Gasteiger partial charge < -0.3 is 5.32 Å². The molecular formula is C17H19N5O2. The maximum absolute atomic E-state index is 12.3. The van der Waals surface area contributed by atoms with Gasteiger partial charge in [0.15, 0.2) is 5.65 Å². The van der Waals surface area contributed by atoms with Gasteiger partial charge in [-0.25, -0.2) is 4.98 Å². The molecule has 3 rings (SSSR count). The molecule has 0 aliphatic heterocycles. The van der Waals surface area contributed by atoms with E-state index < -0.39 is 0 Å². The third-order valence-electron chi connectivity index (χ3n) is 3.84. The molecule has 0 bridgehead atoms. The summed E-state index contributed by atoms with van der Waals surface area (Å²) in [5, 5.41) is 7.25. The lowest BCUT2D eigenvalue weighted by Gasteiger charge is -2.07. The molecule has 7 heteroatoms. The summed E-state index contributed by atoms with van der Waals surface area (Å²) in [5.74, 6) is -0.199. The van der Waals surface area contributed by atoms with Crippen molar-refractivity contribution in [2.24, 2.45) is 7.05 Å². The standard InChI is InChI=1S/C17H19N5O2/c1-21-16-14(10-20-21)17(24)22(12-19-16)11-15(23)18-9-5-8-13-6-3-2-4-7-13/h2-4,6-7,10,12H,5,8-9,11H2,1H3,(H,18,23). The molecule has 2 aromatic heterocycles. The van der Waals surface area contributed by atoms with Gasteiger partial charge in [-0.15, -0.1) is 0 Å². The van der Waals surface area contributed by atoms with Gasteiger partial charge in [0.05, 0.1) is 6.20 Å². The number of benzene rings is 1. The fourth-order valence-electron chi connectivity index (χ4n) is 2.55. The van der Waals surface area contributed by atoms with E-state index in [1.54, 1.807) is 7.05 Å². The van der Waals surface area contributed by atoms with E-state index in [1.807, 2.05) is 18.2 Å². The number of aromatic nitrogens is 4. The van der Waals surface area contributed by atoms with E-state index in [0.29, 0.717) is 17.6 Å². The number of fused-ring (bicyclic) bond motifs is 1. The van der Waals surface area contributed by atoms with Gasteiger partial charge in [0.2, 0.25) is 5.91 Å². The molecule has 0 saturated heterocycles. The van der Waals surface area contributed by atoms with Gasteiger partial charge >= 0.3 is 0 Å². The van der Waals surface area contributed by atoms with Crippen molar-refractivity contribution in [1.82, 2.24) is 24.6 Å². The Hall–Kier alpha value is -2.96. The quantitative estimate of drug-likeness (QED) is 0.682. The van der Waals surface area contributed by atoms with Gasteiger partial charge in [0.25, 0.3) is 5.56 Å². The normalized spacial score (nSPS) is 10.9. The molecule has 2 heterocycles. The Labute approximate surface area is 138 Å². The van der Waals surface area contributed by atoms with Crippen LogP contribution in [0.25, 0.3) is 11.0 Å². The Morgan fingerprint density at radius 2 is 2.04 bits per heavy atom. The first-order valence-electron chi connectivity index (χ1n) is 7.83. The third kappa shape index (κ3) is 3.51. The lowest BCUT2D eigenvalue weighted by Crippen LogP contribution is -2.33. The van der Waals surface area contributed by atoms with Crippen LogP contribution >= 0.6 is 0 Å². The van der Waals surface area contributed by atoms with E-state index in [9.17, 15) is 9.59 Å². The molecule has 0 radical (unpaired) electrons. The Bertz CT molecular complexity index is 898. The first kappa shape index (κ1) is 15.9. The van der Waals surface area contributed by atoms with Crippen LogP contribution in [0.4, 0.5) is 0 Å². The molecular weight excluding hydrogens is 306 g/mol. The molecule has 0 aliphatic rings. The lowest BCUT2D eigenvalue weighted by atomic mass is 10.1. The van der Waals surface area contributed by atoms with E-state index in [4.69, 9.17) is 0 Å². The van der Waals surface area contributed by atoms with Crippen molar-refractivity contribution in [3.63, 3.8) is 0 Å². The molecule has 1 aromatic carbocycles. The number of carbonyl (C=O) groups excluding carboxylic acids is 1. The van der Waals surface area contributed by atoms with Crippen molar-refractivity contribution in [2.45, 2.75) is 19.4 Å². The molecule has 0 unspecified atom stereocenters. The van der Waals surface area contributed by atoms with Gasteiger partial charge in [0, 0.05) is 13.6 Å². The highest BCUT2D eigenvalue weighted by molar-refractivity contribution is 5.77. The maximum Gasteiger partial charge on any atom is 0.264 e. The van der Waals surface area contributed by atoms with Gasteiger partial charge in [0.1, 0.15) is 18.3 Å². The summed E-state index contributed by atoms with van der Waals surface area (Å²) in [5.41, 5.74) is 1.50. The molecule has 0 aliphatic carbocycles. The monoisotopic (exact) mass is 325 g/mol. The second kappa shape index (κ2) is 7.08. The van der Waals surface area contributed by atoms with Crippen molar-refractivity contribution in [1.29, 1.82) is 0 Å². The van der Waals surface area contributed by atoms with Crippen molar-refractivity contribution >= 4 is 16.9 Å². The van der Waals surface area contributed by atoms with Gasteiger partial charge in [-0.2, -0.15) is 5.10 Å². The van der Waals surface area contributed by atoms with Crippen molar-refractivity contribution in [3.05, 3.63) is 58.8 Å². The predicted molar refractivity (Wildman–Crippen MR) is 90.5 cm³/mol. The molecule has 124 valence electrons. The zero-order chi connectivity index (χ0) is 16.9. The highest BCUT2D eigenvalue weighted by atomic mass is 16.2. The van der Waals surface area contributed by atoms with Crippen LogP contribution in [0.1, 0.15) is 12.0 Å². The number of nitrogens with one attached hydrogen (secondary N) is 1. The van der Waals surface area contributed by atoms with Gasteiger partial charge in [-0.1, -0.05) is 30.3 Å². The minimum Gasteiger partial charge on any atom is -0.355 e. The van der Waals surface area contributed by atoms with Crippen molar-refractivity contribution < 1.29 is 4.79 Å². The minimum absolute atomic E-state index is 0.0397. The molecule has 3 aromatic rings. The number of amides is 1. The average Bonchev–Trinajstić information content (AvgIpc) is 2.97. The van der Waals surface area contributed by atoms with Crippen LogP contribution in [-0.4, -0.2) is 31.8 Å². The van der Waals surface area contributed by atoms with E-state index in [-0.39, 0.29) is 18.0 Å². The summed E-state index contributed by atoms with van der Waals surface area (Å²) in [4.78, 5) is 28.5. The number of nitrogens with zero attached hydrogens (tertiary/aromatic N) is 4. The highest BCUT2D eigenvalue weighted by Gasteiger charge is 2.10. The molecule has 0 spiro atoms. The Kier molecular flexibility index (Phi) is 4.69. The smallest absolute Gasteiger partial charge is 0.264 e. The summed E-state index contributed by atoms with van der Waals surface area (Å²) in [6.45, 7) is 0.535. The van der Waals surface area contributed by atoms with Crippen LogP contribution in [0.2, 0.25) is 0 Å². The van der Waals surface area contributed by atoms with Crippen LogP contribution in [0, 0.1) is 0 Å². The fraction of sp³-hybridized carbons (Fsp3) is 0.294. The second-order valence-corrected chi connectivity index (χ2v) is 5.62. The summed E-state index contributed by atoms with van der Waals surface area (Å²) < 4.78 is 2.83. The van der Waals surface area contributed by atoms with E-state index in [0.717, 1.165) is 12.8 Å². The predicted octanol–water partition coefficient (Wildman–Crippen LogP) is 0.879. The second-order valence-electron chi connectivity index (χ2n) is 5.62. The topological polar surface area (TPSA) is 81.8 Å². The number of hydrogen-bond donors (Lipinski definition) is 1. The SMILES string of the molecule is Cn1ncc2c(=O)n(CC(=O)NCCCc3ccccc3)cnc21. The molecule has 1 N–H and O–H groups in total. The van der Waals surface area contributed by atoms with Crippen molar-refractivity contribution in [2.75, 3.05) is 6.54 Å². The maximum atomic E-state index is 12.3. The van der Waals surface area contributed by atoms with Crippen LogP contribution in [-0.2, 0) is 24.8 Å².